The van der Waals surface area contributed by atoms with Crippen molar-refractivity contribution in [1.29, 1.82) is 0 Å². The number of amides is 2. The van der Waals surface area contributed by atoms with Gasteiger partial charge in [-0.3, -0.25) is 0 Å². The van der Waals surface area contributed by atoms with Crippen molar-refractivity contribution in [2.24, 2.45) is 0 Å². The molecule has 5 nitrogen and oxygen atoms in total. The van der Waals surface area contributed by atoms with Crippen LogP contribution in [0.15, 0.2) is 48.5 Å². The first-order valence-electron chi connectivity index (χ1n) is 8.43. The van der Waals surface area contributed by atoms with Crippen molar-refractivity contribution in [3.63, 3.8) is 0 Å². The number of morpholine rings is 1. The Morgan fingerprint density at radius 1 is 1.08 bits per heavy atom. The van der Waals surface area contributed by atoms with E-state index in [2.05, 4.69) is 15.5 Å². The summed E-state index contributed by atoms with van der Waals surface area (Å²) >= 11 is 5.87. The molecule has 6 heteroatoms. The number of carbonyl (C=O) groups is 1. The van der Waals surface area contributed by atoms with Gasteiger partial charge in [0.15, 0.2) is 0 Å². The zero-order valence-corrected chi connectivity index (χ0v) is 14.8. The normalized spacial score (nSPS) is 14.2. The molecule has 132 valence electrons. The van der Waals surface area contributed by atoms with Gasteiger partial charge in [0.25, 0.3) is 0 Å². The van der Waals surface area contributed by atoms with Gasteiger partial charge in [0.2, 0.25) is 0 Å². The highest BCUT2D eigenvalue weighted by molar-refractivity contribution is 6.30. The van der Waals surface area contributed by atoms with Crippen LogP contribution >= 0.6 is 11.6 Å². The van der Waals surface area contributed by atoms with Crippen molar-refractivity contribution in [3.8, 4) is 0 Å². The lowest BCUT2D eigenvalue weighted by atomic mass is 10.1. The molecule has 0 aromatic heterocycles. The van der Waals surface area contributed by atoms with Crippen molar-refractivity contribution < 1.29 is 9.53 Å². The maximum Gasteiger partial charge on any atom is 0.319 e. The average molecular weight is 360 g/mol. The van der Waals surface area contributed by atoms with Crippen molar-refractivity contribution >= 4 is 29.0 Å². The smallest absolute Gasteiger partial charge is 0.319 e. The molecule has 0 bridgehead atoms. The van der Waals surface area contributed by atoms with Crippen molar-refractivity contribution in [2.75, 3.05) is 43.1 Å². The van der Waals surface area contributed by atoms with Crippen LogP contribution < -0.4 is 15.5 Å². The quantitative estimate of drug-likeness (QED) is 0.858. The number of hydrogen-bond acceptors (Lipinski definition) is 3. The van der Waals surface area contributed by atoms with Crippen LogP contribution in [0.25, 0.3) is 0 Å². The lowest BCUT2D eigenvalue weighted by molar-refractivity contribution is 0.123. The lowest BCUT2D eigenvalue weighted by Crippen LogP contribution is -2.37. The molecule has 0 radical (unpaired) electrons. The Labute approximate surface area is 152 Å². The van der Waals surface area contributed by atoms with Crippen LogP contribution in [0.1, 0.15) is 5.56 Å². The fraction of sp³-hybridized carbons (Fsp3) is 0.316. The van der Waals surface area contributed by atoms with E-state index in [1.165, 1.54) is 0 Å². The number of benzene rings is 2. The number of nitrogens with one attached hydrogen (secondary N) is 2. The molecule has 2 aromatic carbocycles. The molecule has 0 aliphatic carbocycles. The van der Waals surface area contributed by atoms with Crippen molar-refractivity contribution in [3.05, 3.63) is 59.1 Å². The van der Waals surface area contributed by atoms with Gasteiger partial charge in [-0.05, 0) is 36.2 Å². The number of halogens is 1. The summed E-state index contributed by atoms with van der Waals surface area (Å²) in [5, 5.41) is 6.56. The Morgan fingerprint density at radius 3 is 2.56 bits per heavy atom. The lowest BCUT2D eigenvalue weighted by Gasteiger charge is -2.30. The molecular weight excluding hydrogens is 338 g/mol. The second-order valence-electron chi connectivity index (χ2n) is 5.87. The number of urea groups is 1. The summed E-state index contributed by atoms with van der Waals surface area (Å²) < 4.78 is 5.40. The zero-order chi connectivity index (χ0) is 17.5. The minimum Gasteiger partial charge on any atom is -0.378 e. The molecule has 2 aromatic rings. The van der Waals surface area contributed by atoms with E-state index in [9.17, 15) is 4.79 Å². The SMILES string of the molecule is O=C(NCCc1ccc(Cl)cc1)Nc1ccccc1N1CCOCC1. The highest BCUT2D eigenvalue weighted by Gasteiger charge is 2.15. The molecule has 2 amide bonds. The Morgan fingerprint density at radius 2 is 1.80 bits per heavy atom. The van der Waals surface area contributed by atoms with E-state index in [-0.39, 0.29) is 6.03 Å². The first kappa shape index (κ1) is 17.6. The second kappa shape index (κ2) is 8.74. The number of nitrogens with zero attached hydrogens (tertiary/aromatic N) is 1. The van der Waals surface area contributed by atoms with E-state index in [1.54, 1.807) is 0 Å². The molecule has 0 unspecified atom stereocenters. The van der Waals surface area contributed by atoms with Gasteiger partial charge in [-0.2, -0.15) is 0 Å². The number of rotatable bonds is 5. The summed E-state index contributed by atoms with van der Waals surface area (Å²) in [7, 11) is 0. The van der Waals surface area contributed by atoms with E-state index in [0.717, 1.165) is 36.4 Å². The number of ether oxygens (including phenoxy) is 1. The predicted octanol–water partition coefficient (Wildman–Crippen LogP) is 3.54. The van der Waals surface area contributed by atoms with Crippen LogP contribution in [-0.4, -0.2) is 38.9 Å². The fourth-order valence-electron chi connectivity index (χ4n) is 2.80. The highest BCUT2D eigenvalue weighted by Crippen LogP contribution is 2.26. The van der Waals surface area contributed by atoms with E-state index in [0.29, 0.717) is 24.8 Å². The predicted molar refractivity (Wildman–Crippen MR) is 102 cm³/mol. The second-order valence-corrected chi connectivity index (χ2v) is 6.31. The van der Waals surface area contributed by atoms with E-state index >= 15 is 0 Å². The molecular formula is C19H22ClN3O2. The Kier molecular flexibility index (Phi) is 6.14. The summed E-state index contributed by atoms with van der Waals surface area (Å²) in [5.74, 6) is 0. The minimum absolute atomic E-state index is 0.199. The topological polar surface area (TPSA) is 53.6 Å². The van der Waals surface area contributed by atoms with E-state index in [1.807, 2.05) is 48.5 Å². The number of hydrogen-bond donors (Lipinski definition) is 2. The molecule has 1 aliphatic rings. The van der Waals surface area contributed by atoms with Crippen LogP contribution in [0.4, 0.5) is 16.2 Å². The summed E-state index contributed by atoms with van der Waals surface area (Å²) in [6, 6.07) is 15.3. The highest BCUT2D eigenvalue weighted by atomic mass is 35.5. The minimum atomic E-state index is -0.199. The molecule has 1 saturated heterocycles. The maximum atomic E-state index is 12.2. The Bertz CT molecular complexity index is 700. The zero-order valence-electron chi connectivity index (χ0n) is 14.0. The van der Waals surface area contributed by atoms with Gasteiger partial charge in [0.1, 0.15) is 0 Å². The summed E-state index contributed by atoms with van der Waals surface area (Å²) in [6.45, 7) is 3.64. The molecule has 0 spiro atoms. The van der Waals surface area contributed by atoms with Gasteiger partial charge in [-0.1, -0.05) is 35.9 Å². The van der Waals surface area contributed by atoms with Gasteiger partial charge < -0.3 is 20.3 Å². The molecule has 0 saturated carbocycles. The number of carbonyl (C=O) groups excluding carboxylic acids is 1. The molecule has 1 fully saturated rings. The Balaban J connectivity index is 1.53. The largest absolute Gasteiger partial charge is 0.378 e. The molecule has 25 heavy (non-hydrogen) atoms. The van der Waals surface area contributed by atoms with Gasteiger partial charge >= 0.3 is 6.03 Å². The van der Waals surface area contributed by atoms with Crippen LogP contribution in [-0.2, 0) is 11.2 Å². The van der Waals surface area contributed by atoms with Gasteiger partial charge in [-0.25, -0.2) is 4.79 Å². The molecule has 1 heterocycles. The fourth-order valence-corrected chi connectivity index (χ4v) is 2.92. The molecule has 3 rings (SSSR count). The third-order valence-corrected chi connectivity index (χ3v) is 4.37. The monoisotopic (exact) mass is 359 g/mol. The number of para-hydroxylation sites is 2. The molecule has 2 N–H and O–H groups in total. The van der Waals surface area contributed by atoms with Gasteiger partial charge in [-0.15, -0.1) is 0 Å². The molecule has 0 atom stereocenters. The van der Waals surface area contributed by atoms with Crippen LogP contribution in [0.2, 0.25) is 5.02 Å². The van der Waals surface area contributed by atoms with Crippen LogP contribution in [0, 0.1) is 0 Å². The Hall–Kier alpha value is -2.24. The first-order chi connectivity index (χ1) is 12.2. The van der Waals surface area contributed by atoms with E-state index in [4.69, 9.17) is 16.3 Å². The summed E-state index contributed by atoms with van der Waals surface area (Å²) in [4.78, 5) is 14.4. The summed E-state index contributed by atoms with van der Waals surface area (Å²) in [6.07, 6.45) is 0.760. The van der Waals surface area contributed by atoms with Gasteiger partial charge in [0.05, 0.1) is 24.6 Å². The maximum absolute atomic E-state index is 12.2. The van der Waals surface area contributed by atoms with Crippen LogP contribution in [0.3, 0.4) is 0 Å². The van der Waals surface area contributed by atoms with E-state index < -0.39 is 0 Å². The van der Waals surface area contributed by atoms with Gasteiger partial charge in [0, 0.05) is 24.7 Å². The summed E-state index contributed by atoms with van der Waals surface area (Å²) in [5.41, 5.74) is 2.98. The van der Waals surface area contributed by atoms with Crippen molar-refractivity contribution in [2.45, 2.75) is 6.42 Å². The van der Waals surface area contributed by atoms with Crippen LogP contribution in [0.5, 0.6) is 0 Å². The number of anilines is 2. The third-order valence-electron chi connectivity index (χ3n) is 4.12. The standard InChI is InChI=1S/C19H22ClN3O2/c20-16-7-5-15(6-8-16)9-10-21-19(24)22-17-3-1-2-4-18(17)23-11-13-25-14-12-23/h1-8H,9-14H2,(H2,21,22,24). The first-order valence-corrected chi connectivity index (χ1v) is 8.81. The van der Waals surface area contributed by atoms with Crippen molar-refractivity contribution in [1.82, 2.24) is 5.32 Å². The third kappa shape index (κ3) is 5.11. The molecule has 1 aliphatic heterocycles. The average Bonchev–Trinajstić information content (AvgIpc) is 2.64.